The number of hydrogen-bond acceptors (Lipinski definition) is 2. The molecule has 5 rings (SSSR count). The summed E-state index contributed by atoms with van der Waals surface area (Å²) in [6.07, 6.45) is 2.98. The number of nitrogens with zero attached hydrogens (tertiary/aromatic N) is 2. The fourth-order valence-corrected chi connectivity index (χ4v) is 6.86. The summed E-state index contributed by atoms with van der Waals surface area (Å²) in [6.45, 7) is 4.17. The molecular formula is C32H39F5N2O. The topological polar surface area (TPSA) is 23.6 Å². The largest absolute Gasteiger partial charge is 0.395 e. The van der Waals surface area contributed by atoms with Crippen LogP contribution in [0.2, 0.25) is 0 Å². The minimum absolute atomic E-state index is 0.110. The van der Waals surface area contributed by atoms with Crippen LogP contribution in [-0.4, -0.2) is 54.1 Å². The van der Waals surface area contributed by atoms with Crippen LogP contribution < -0.4 is 0 Å². The molecule has 3 fully saturated rings. The van der Waals surface area contributed by atoms with Gasteiger partial charge in [0.2, 0.25) is 0 Å². The first kappa shape index (κ1) is 29.0. The van der Waals surface area contributed by atoms with Gasteiger partial charge in [-0.3, -0.25) is 4.79 Å². The molecule has 0 radical (unpaired) electrons. The van der Waals surface area contributed by atoms with E-state index in [9.17, 15) is 18.0 Å². The Morgan fingerprint density at radius 2 is 1.60 bits per heavy atom. The number of amides is 1. The van der Waals surface area contributed by atoms with E-state index in [-0.39, 0.29) is 48.0 Å². The molecule has 8 heteroatoms. The Bertz CT molecular complexity index is 1200. The van der Waals surface area contributed by atoms with Crippen molar-refractivity contribution < 1.29 is 26.7 Å². The number of halogens is 5. The van der Waals surface area contributed by atoms with Gasteiger partial charge in [0, 0.05) is 35.8 Å². The number of benzene rings is 2. The summed E-state index contributed by atoms with van der Waals surface area (Å²) in [7, 11) is 0. The summed E-state index contributed by atoms with van der Waals surface area (Å²) < 4.78 is 70.7. The Kier molecular flexibility index (Phi) is 8.55. The molecule has 2 aliphatic heterocycles. The molecule has 3 nitrogen and oxygen atoms in total. The number of likely N-dealkylation sites (tertiary alicyclic amines) is 2. The van der Waals surface area contributed by atoms with E-state index in [2.05, 4.69) is 0 Å². The average Bonchev–Trinajstić information content (AvgIpc) is 3.38. The van der Waals surface area contributed by atoms with Crippen molar-refractivity contribution in [3.05, 3.63) is 59.2 Å². The lowest BCUT2D eigenvalue weighted by atomic mass is 9.67. The molecule has 218 valence electrons. The van der Waals surface area contributed by atoms with Crippen LogP contribution in [0.1, 0.15) is 80.6 Å². The highest BCUT2D eigenvalue weighted by molar-refractivity contribution is 5.95. The van der Waals surface area contributed by atoms with Gasteiger partial charge in [0.25, 0.3) is 5.91 Å². The molecule has 0 bridgehead atoms. The molecule has 3 aliphatic rings. The number of carbonyl (C=O) groups excluding carboxylic acids is 1. The smallest absolute Gasteiger partial charge is 0.336 e. The first-order valence-corrected chi connectivity index (χ1v) is 14.8. The number of piperidine rings is 1. The fraction of sp³-hybridized carbons (Fsp3) is 0.594. The molecule has 1 atom stereocenters. The molecule has 0 spiro atoms. The zero-order chi connectivity index (χ0) is 28.5. The summed E-state index contributed by atoms with van der Waals surface area (Å²) in [6, 6.07) is 9.31. The molecule has 1 amide bonds. The molecule has 2 aromatic rings. The van der Waals surface area contributed by atoms with Crippen LogP contribution >= 0.6 is 0 Å². The van der Waals surface area contributed by atoms with Crippen LogP contribution in [0.15, 0.2) is 36.4 Å². The van der Waals surface area contributed by atoms with E-state index < -0.39 is 23.2 Å². The molecule has 1 saturated carbocycles. The van der Waals surface area contributed by atoms with E-state index in [0.717, 1.165) is 44.1 Å². The molecule has 0 aromatic heterocycles. The van der Waals surface area contributed by atoms with Crippen molar-refractivity contribution in [3.63, 3.8) is 0 Å². The number of hydrogen-bond donors (Lipinski definition) is 0. The van der Waals surface area contributed by atoms with Gasteiger partial charge in [-0.05, 0) is 101 Å². The van der Waals surface area contributed by atoms with E-state index in [1.165, 1.54) is 18.2 Å². The van der Waals surface area contributed by atoms with Crippen molar-refractivity contribution >= 4 is 5.91 Å². The SMILES string of the molecule is CCC1CCCN1C(=O)c1ccc(-c2ccc(CCC3CCN(CC4(C(F)(F)F)CCC4)CC3)cc2F)c(F)c1. The van der Waals surface area contributed by atoms with Gasteiger partial charge in [-0.1, -0.05) is 31.5 Å². The van der Waals surface area contributed by atoms with Crippen molar-refractivity contribution in [2.24, 2.45) is 11.3 Å². The van der Waals surface area contributed by atoms with Gasteiger partial charge in [-0.15, -0.1) is 0 Å². The lowest BCUT2D eigenvalue weighted by Crippen LogP contribution is -2.53. The van der Waals surface area contributed by atoms with Crippen LogP contribution in [0.25, 0.3) is 11.1 Å². The van der Waals surface area contributed by atoms with Crippen LogP contribution in [0.3, 0.4) is 0 Å². The Balaban J connectivity index is 1.15. The average molecular weight is 563 g/mol. The highest BCUT2D eigenvalue weighted by Gasteiger charge is 2.58. The van der Waals surface area contributed by atoms with Gasteiger partial charge >= 0.3 is 6.18 Å². The van der Waals surface area contributed by atoms with E-state index >= 15 is 8.78 Å². The van der Waals surface area contributed by atoms with Gasteiger partial charge in [-0.2, -0.15) is 13.2 Å². The summed E-state index contributed by atoms with van der Waals surface area (Å²) in [5, 5.41) is 0. The minimum Gasteiger partial charge on any atom is -0.336 e. The second kappa shape index (κ2) is 11.8. The van der Waals surface area contributed by atoms with Crippen molar-refractivity contribution in [2.45, 2.75) is 83.4 Å². The van der Waals surface area contributed by atoms with Crippen LogP contribution in [0.4, 0.5) is 22.0 Å². The van der Waals surface area contributed by atoms with Gasteiger partial charge in [0.05, 0.1) is 5.41 Å². The lowest BCUT2D eigenvalue weighted by molar-refractivity contribution is -0.256. The second-order valence-electron chi connectivity index (χ2n) is 12.1. The standard InChI is InChI=1S/C32H39F5N2O/c1-2-25-5-3-16-39(25)30(40)24-9-11-27(29(34)20-24)26-10-8-23(19-28(26)33)7-6-22-12-17-38(18-13-22)21-31(14-4-15-31)32(35,36)37/h8-11,19-20,22,25H,2-7,12-18,21H2,1H3. The number of carbonyl (C=O) groups is 1. The third-order valence-electron chi connectivity index (χ3n) is 9.64. The normalized spacial score (nSPS) is 21.9. The Hall–Kier alpha value is -2.48. The third kappa shape index (κ3) is 5.93. The molecule has 40 heavy (non-hydrogen) atoms. The third-order valence-corrected chi connectivity index (χ3v) is 9.64. The fourth-order valence-electron chi connectivity index (χ4n) is 6.86. The van der Waals surface area contributed by atoms with Crippen molar-refractivity contribution in [1.82, 2.24) is 9.80 Å². The zero-order valence-electron chi connectivity index (χ0n) is 23.2. The van der Waals surface area contributed by atoms with Crippen LogP contribution in [-0.2, 0) is 6.42 Å². The maximum Gasteiger partial charge on any atom is 0.395 e. The van der Waals surface area contributed by atoms with Crippen LogP contribution in [0.5, 0.6) is 0 Å². The summed E-state index contributed by atoms with van der Waals surface area (Å²) in [5.41, 5.74) is -0.118. The Morgan fingerprint density at radius 3 is 2.17 bits per heavy atom. The zero-order valence-corrected chi connectivity index (χ0v) is 23.2. The van der Waals surface area contributed by atoms with Crippen molar-refractivity contribution in [3.8, 4) is 11.1 Å². The highest BCUT2D eigenvalue weighted by atomic mass is 19.4. The number of aryl methyl sites for hydroxylation is 1. The Labute approximate surface area is 233 Å². The monoisotopic (exact) mass is 562 g/mol. The maximum atomic E-state index is 15.1. The Morgan fingerprint density at radius 1 is 0.925 bits per heavy atom. The molecule has 2 heterocycles. The molecule has 1 unspecified atom stereocenters. The van der Waals surface area contributed by atoms with Gasteiger partial charge in [0.1, 0.15) is 11.6 Å². The predicted molar refractivity (Wildman–Crippen MR) is 146 cm³/mol. The molecule has 2 saturated heterocycles. The molecular weight excluding hydrogens is 523 g/mol. The first-order valence-electron chi connectivity index (χ1n) is 14.8. The number of alkyl halides is 3. The minimum atomic E-state index is -4.13. The molecule has 2 aromatic carbocycles. The number of rotatable bonds is 8. The van der Waals surface area contributed by atoms with E-state index in [4.69, 9.17) is 0 Å². The predicted octanol–water partition coefficient (Wildman–Crippen LogP) is 8.02. The van der Waals surface area contributed by atoms with Crippen molar-refractivity contribution in [1.29, 1.82) is 0 Å². The van der Waals surface area contributed by atoms with Crippen molar-refractivity contribution in [2.75, 3.05) is 26.2 Å². The maximum absolute atomic E-state index is 15.1. The van der Waals surface area contributed by atoms with E-state index in [1.807, 2.05) is 17.9 Å². The summed E-state index contributed by atoms with van der Waals surface area (Å²) >= 11 is 0. The quantitative estimate of drug-likeness (QED) is 0.304. The van der Waals surface area contributed by atoms with E-state index in [1.54, 1.807) is 17.0 Å². The first-order chi connectivity index (χ1) is 19.1. The molecule has 0 N–H and O–H groups in total. The summed E-state index contributed by atoms with van der Waals surface area (Å²) in [4.78, 5) is 16.7. The van der Waals surface area contributed by atoms with Gasteiger partial charge in [0.15, 0.2) is 0 Å². The van der Waals surface area contributed by atoms with E-state index in [0.29, 0.717) is 38.4 Å². The van der Waals surface area contributed by atoms with Gasteiger partial charge < -0.3 is 9.80 Å². The lowest BCUT2D eigenvalue weighted by Gasteiger charge is -2.47. The van der Waals surface area contributed by atoms with Gasteiger partial charge in [-0.25, -0.2) is 8.78 Å². The molecule has 1 aliphatic carbocycles. The highest BCUT2D eigenvalue weighted by Crippen LogP contribution is 2.53. The second-order valence-corrected chi connectivity index (χ2v) is 12.1. The summed E-state index contributed by atoms with van der Waals surface area (Å²) in [5.74, 6) is -0.911. The van der Waals surface area contributed by atoms with Crippen LogP contribution in [0, 0.1) is 23.0 Å².